The lowest BCUT2D eigenvalue weighted by molar-refractivity contribution is -0.134. The van der Waals surface area contributed by atoms with Crippen LogP contribution >= 0.6 is 0 Å². The van der Waals surface area contributed by atoms with Gasteiger partial charge in [-0.15, -0.1) is 0 Å². The van der Waals surface area contributed by atoms with Crippen LogP contribution in [0.5, 0.6) is 0 Å². The smallest absolute Gasteiger partial charge is 0.225 e. The second-order valence-corrected chi connectivity index (χ2v) is 5.96. The Morgan fingerprint density at radius 1 is 1.06 bits per heavy atom. The van der Waals surface area contributed by atoms with E-state index in [-0.39, 0.29) is 12.0 Å². The van der Waals surface area contributed by atoms with Crippen LogP contribution in [0.1, 0.15) is 38.5 Å². The van der Waals surface area contributed by atoms with E-state index in [1.165, 1.54) is 19.3 Å². The number of hydrogen-bond donors (Lipinski definition) is 1. The summed E-state index contributed by atoms with van der Waals surface area (Å²) in [6, 6.07) is 0.274. The summed E-state index contributed by atoms with van der Waals surface area (Å²) in [4.78, 5) is 14.4. The lowest BCUT2D eigenvalue weighted by atomic mass is 10.0. The first-order chi connectivity index (χ1) is 7.74. The molecule has 3 fully saturated rings. The van der Waals surface area contributed by atoms with Crippen molar-refractivity contribution >= 4 is 5.91 Å². The number of carbonyl (C=O) groups is 1. The van der Waals surface area contributed by atoms with Crippen molar-refractivity contribution in [2.24, 2.45) is 23.5 Å². The number of nitrogens with zero attached hydrogens (tertiary/aromatic N) is 1. The second-order valence-electron chi connectivity index (χ2n) is 5.96. The first kappa shape index (κ1) is 10.6. The van der Waals surface area contributed by atoms with Crippen molar-refractivity contribution in [2.45, 2.75) is 44.6 Å². The lowest BCUT2D eigenvalue weighted by Gasteiger charge is -2.21. The van der Waals surface area contributed by atoms with Crippen molar-refractivity contribution in [1.82, 2.24) is 4.90 Å². The highest BCUT2D eigenvalue weighted by atomic mass is 16.2. The molecule has 3 rings (SSSR count). The minimum absolute atomic E-state index is 0.244. The van der Waals surface area contributed by atoms with Crippen molar-refractivity contribution in [2.75, 3.05) is 13.1 Å². The minimum atomic E-state index is 0.244. The zero-order valence-electron chi connectivity index (χ0n) is 9.90. The Bertz CT molecular complexity index is 280. The molecule has 3 nitrogen and oxygen atoms in total. The largest absolute Gasteiger partial charge is 0.342 e. The Morgan fingerprint density at radius 3 is 2.31 bits per heavy atom. The molecule has 3 heteroatoms. The topological polar surface area (TPSA) is 46.3 Å². The molecule has 1 heterocycles. The fourth-order valence-corrected chi connectivity index (χ4v) is 3.91. The van der Waals surface area contributed by atoms with Crippen LogP contribution in [-0.2, 0) is 4.79 Å². The zero-order valence-corrected chi connectivity index (χ0v) is 9.90. The Labute approximate surface area is 97.4 Å². The van der Waals surface area contributed by atoms with Crippen LogP contribution in [0, 0.1) is 17.8 Å². The molecule has 1 saturated heterocycles. The Balaban J connectivity index is 1.60. The highest BCUT2D eigenvalue weighted by Gasteiger charge is 2.40. The molecule has 4 atom stereocenters. The number of amides is 1. The van der Waals surface area contributed by atoms with E-state index < -0.39 is 0 Å². The third kappa shape index (κ3) is 1.75. The van der Waals surface area contributed by atoms with Crippen LogP contribution in [0.25, 0.3) is 0 Å². The molecule has 2 aliphatic carbocycles. The van der Waals surface area contributed by atoms with E-state index in [1.807, 2.05) is 0 Å². The maximum Gasteiger partial charge on any atom is 0.225 e. The van der Waals surface area contributed by atoms with Gasteiger partial charge in [-0.05, 0) is 43.9 Å². The molecule has 0 aromatic rings. The number of nitrogens with two attached hydrogens (primary N) is 1. The first-order valence-corrected chi connectivity index (χ1v) is 6.78. The summed E-state index contributed by atoms with van der Waals surface area (Å²) in [7, 11) is 0. The minimum Gasteiger partial charge on any atom is -0.342 e. The molecule has 16 heavy (non-hydrogen) atoms. The molecule has 1 amide bonds. The molecular weight excluding hydrogens is 200 g/mol. The first-order valence-electron chi connectivity index (χ1n) is 6.78. The predicted molar refractivity (Wildman–Crippen MR) is 62.7 cm³/mol. The van der Waals surface area contributed by atoms with E-state index in [4.69, 9.17) is 5.73 Å². The number of likely N-dealkylation sites (tertiary alicyclic amines) is 1. The van der Waals surface area contributed by atoms with Gasteiger partial charge in [-0.25, -0.2) is 0 Å². The summed E-state index contributed by atoms with van der Waals surface area (Å²) >= 11 is 0. The van der Waals surface area contributed by atoms with Gasteiger partial charge in [0.1, 0.15) is 0 Å². The van der Waals surface area contributed by atoms with Crippen molar-refractivity contribution in [3.8, 4) is 0 Å². The number of carbonyl (C=O) groups excluding carboxylic acids is 1. The quantitative estimate of drug-likeness (QED) is 0.728. The predicted octanol–water partition coefficient (Wildman–Crippen LogP) is 1.37. The van der Waals surface area contributed by atoms with Crippen LogP contribution in [0.3, 0.4) is 0 Å². The second kappa shape index (κ2) is 4.02. The van der Waals surface area contributed by atoms with E-state index in [1.54, 1.807) is 0 Å². The highest BCUT2D eigenvalue weighted by Crippen LogP contribution is 2.39. The third-order valence-corrected chi connectivity index (χ3v) is 4.86. The highest BCUT2D eigenvalue weighted by molar-refractivity contribution is 5.79. The van der Waals surface area contributed by atoms with E-state index in [2.05, 4.69) is 4.90 Å². The number of fused-ring (bicyclic) bond motifs is 1. The van der Waals surface area contributed by atoms with Crippen molar-refractivity contribution in [3.63, 3.8) is 0 Å². The van der Waals surface area contributed by atoms with E-state index in [0.717, 1.165) is 44.2 Å². The average molecular weight is 222 g/mol. The molecule has 1 aliphatic heterocycles. The fraction of sp³-hybridized carbons (Fsp3) is 0.923. The summed E-state index contributed by atoms with van der Waals surface area (Å²) in [6.07, 6.45) is 7.05. The summed E-state index contributed by atoms with van der Waals surface area (Å²) < 4.78 is 0. The Kier molecular flexibility index (Phi) is 2.66. The van der Waals surface area contributed by atoms with Crippen molar-refractivity contribution < 1.29 is 4.79 Å². The normalized spacial score (nSPS) is 42.7. The molecule has 90 valence electrons. The molecule has 0 radical (unpaired) electrons. The SMILES string of the molecule is NC1CCC(C(=O)N2CC3CCCC3C2)C1. The molecule has 2 N–H and O–H groups in total. The lowest BCUT2D eigenvalue weighted by Crippen LogP contribution is -2.34. The number of rotatable bonds is 1. The third-order valence-electron chi connectivity index (χ3n) is 4.86. The van der Waals surface area contributed by atoms with Gasteiger partial charge in [-0.1, -0.05) is 6.42 Å². The molecular formula is C13H22N2O. The van der Waals surface area contributed by atoms with Crippen molar-refractivity contribution in [3.05, 3.63) is 0 Å². The molecule has 0 spiro atoms. The maximum atomic E-state index is 12.3. The molecule has 0 bridgehead atoms. The Morgan fingerprint density at radius 2 is 1.75 bits per heavy atom. The van der Waals surface area contributed by atoms with Gasteiger partial charge in [0.2, 0.25) is 5.91 Å². The van der Waals surface area contributed by atoms with Gasteiger partial charge in [0.25, 0.3) is 0 Å². The van der Waals surface area contributed by atoms with Crippen LogP contribution in [0.15, 0.2) is 0 Å². The molecule has 0 aromatic carbocycles. The summed E-state index contributed by atoms with van der Waals surface area (Å²) in [5, 5.41) is 0. The monoisotopic (exact) mass is 222 g/mol. The van der Waals surface area contributed by atoms with Crippen LogP contribution < -0.4 is 5.73 Å². The van der Waals surface area contributed by atoms with Gasteiger partial charge in [0.05, 0.1) is 0 Å². The summed E-state index contributed by atoms with van der Waals surface area (Å²) in [5.74, 6) is 2.29. The average Bonchev–Trinajstić information content (AvgIpc) is 2.89. The maximum absolute atomic E-state index is 12.3. The van der Waals surface area contributed by atoms with Gasteiger partial charge in [0.15, 0.2) is 0 Å². The molecule has 2 saturated carbocycles. The van der Waals surface area contributed by atoms with E-state index >= 15 is 0 Å². The van der Waals surface area contributed by atoms with E-state index in [0.29, 0.717) is 5.91 Å². The van der Waals surface area contributed by atoms with Gasteiger partial charge in [-0.3, -0.25) is 4.79 Å². The zero-order chi connectivity index (χ0) is 11.1. The van der Waals surface area contributed by atoms with Crippen LogP contribution in [-0.4, -0.2) is 29.9 Å². The van der Waals surface area contributed by atoms with Crippen molar-refractivity contribution in [1.29, 1.82) is 0 Å². The number of hydrogen-bond acceptors (Lipinski definition) is 2. The Hall–Kier alpha value is -0.570. The molecule has 4 unspecified atom stereocenters. The van der Waals surface area contributed by atoms with Gasteiger partial charge >= 0.3 is 0 Å². The van der Waals surface area contributed by atoms with E-state index in [9.17, 15) is 4.79 Å². The van der Waals surface area contributed by atoms with Gasteiger partial charge in [0, 0.05) is 25.0 Å². The standard InChI is InChI=1S/C13H22N2O/c14-12-5-4-9(6-12)13(16)15-7-10-2-1-3-11(10)8-15/h9-12H,1-8,14H2. The van der Waals surface area contributed by atoms with Crippen LogP contribution in [0.4, 0.5) is 0 Å². The van der Waals surface area contributed by atoms with Crippen LogP contribution in [0.2, 0.25) is 0 Å². The molecule has 3 aliphatic rings. The fourth-order valence-electron chi connectivity index (χ4n) is 3.91. The van der Waals surface area contributed by atoms with Gasteiger partial charge in [-0.2, -0.15) is 0 Å². The summed E-state index contributed by atoms with van der Waals surface area (Å²) in [5.41, 5.74) is 5.88. The van der Waals surface area contributed by atoms with Gasteiger partial charge < -0.3 is 10.6 Å². The molecule has 0 aromatic heterocycles. The summed E-state index contributed by atoms with van der Waals surface area (Å²) in [6.45, 7) is 2.07.